The Bertz CT molecular complexity index is 1640. The van der Waals surface area contributed by atoms with Gasteiger partial charge in [0.15, 0.2) is 0 Å². The summed E-state index contributed by atoms with van der Waals surface area (Å²) in [6, 6.07) is 29.6. The van der Waals surface area contributed by atoms with Crippen molar-refractivity contribution >= 4 is 30.6 Å². The van der Waals surface area contributed by atoms with Crippen LogP contribution in [0.1, 0.15) is 48.3 Å². The molecule has 1 fully saturated rings. The average molecular weight is 540 g/mol. The van der Waals surface area contributed by atoms with Crippen molar-refractivity contribution in [3.8, 4) is 16.9 Å². The number of rotatable bonds is 9. The maximum Gasteiger partial charge on any atom is 0.228 e. The van der Waals surface area contributed by atoms with Crippen LogP contribution in [0.4, 0.5) is 5.82 Å². The molecule has 6 rings (SSSR count). The van der Waals surface area contributed by atoms with Crippen molar-refractivity contribution in [3.63, 3.8) is 0 Å². The normalized spacial score (nSPS) is 14.2. The topological polar surface area (TPSA) is 78.7 Å². The van der Waals surface area contributed by atoms with E-state index >= 15 is 0 Å². The molecule has 6 nitrogen and oxygen atoms in total. The number of phenolic OH excluding ortho intramolecular Hbond substituents is 1. The molecule has 3 aromatic carbocycles. The fourth-order valence-corrected chi connectivity index (χ4v) is 5.96. The Hall–Kier alpha value is -4.52. The molecule has 2 aromatic heterocycles. The Morgan fingerprint density at radius 2 is 1.61 bits per heavy atom. The predicted octanol–water partition coefficient (Wildman–Crippen LogP) is 5.70. The van der Waals surface area contributed by atoms with Crippen molar-refractivity contribution < 1.29 is 9.90 Å². The van der Waals surface area contributed by atoms with Crippen LogP contribution in [0.5, 0.6) is 5.75 Å². The summed E-state index contributed by atoms with van der Waals surface area (Å²) in [5, 5.41) is 21.5. The van der Waals surface area contributed by atoms with Gasteiger partial charge < -0.3 is 15.7 Å². The summed E-state index contributed by atoms with van der Waals surface area (Å²) >= 11 is 0. The number of hydrogen-bond donors (Lipinski definition) is 3. The number of aromatic hydroxyl groups is 1. The number of carbonyl (C=O) groups is 1. The van der Waals surface area contributed by atoms with Crippen LogP contribution in [0, 0.1) is 5.92 Å². The zero-order valence-corrected chi connectivity index (χ0v) is 23.0. The molecule has 204 valence electrons. The van der Waals surface area contributed by atoms with E-state index < -0.39 is 0 Å². The molecule has 1 unspecified atom stereocenters. The summed E-state index contributed by atoms with van der Waals surface area (Å²) in [5.74, 6) is 1.41. The second kappa shape index (κ2) is 11.9. The van der Waals surface area contributed by atoms with Crippen LogP contribution in [0.25, 0.3) is 16.6 Å². The van der Waals surface area contributed by atoms with Gasteiger partial charge in [0, 0.05) is 24.8 Å². The van der Waals surface area contributed by atoms with Crippen LogP contribution in [0.2, 0.25) is 0 Å². The zero-order chi connectivity index (χ0) is 28.2. The standard InChI is InChI=1S/C34H33BN4O2/c35-29-22-38-39-30(29)18-27(28-12-6-7-13-31(28)40)19-32(39)36-20-23-14-16-24(17-15-23)21-37-34(41)33(26-10-4-5-11-26)25-8-2-1-3-9-25/h1-3,6-9,12-19,22,26,33,36,40H,4-5,10-11,20-21H2,(H,37,41). The van der Waals surface area contributed by atoms with E-state index in [4.69, 9.17) is 7.85 Å². The molecule has 3 N–H and O–H groups in total. The van der Waals surface area contributed by atoms with E-state index in [1.807, 2.05) is 42.5 Å². The van der Waals surface area contributed by atoms with Gasteiger partial charge in [0.05, 0.1) is 11.4 Å². The molecule has 1 atom stereocenters. The summed E-state index contributed by atoms with van der Waals surface area (Å²) in [6.45, 7) is 1.07. The lowest BCUT2D eigenvalue weighted by Gasteiger charge is -2.23. The minimum atomic E-state index is -0.0936. The van der Waals surface area contributed by atoms with Crippen molar-refractivity contribution in [2.45, 2.75) is 44.7 Å². The molecule has 2 heterocycles. The first-order valence-corrected chi connectivity index (χ1v) is 14.3. The minimum absolute atomic E-state index is 0.0936. The van der Waals surface area contributed by atoms with Gasteiger partial charge in [-0.25, -0.2) is 4.52 Å². The number of hydrogen-bond acceptors (Lipinski definition) is 4. The molecular weight excluding hydrogens is 507 g/mol. The van der Waals surface area contributed by atoms with E-state index in [2.05, 4.69) is 52.1 Å². The Balaban J connectivity index is 1.13. The van der Waals surface area contributed by atoms with Gasteiger partial charge in [-0.05, 0) is 59.2 Å². The number of aromatic nitrogens is 2. The molecule has 5 aromatic rings. The minimum Gasteiger partial charge on any atom is -0.507 e. The number of nitrogens with one attached hydrogen (secondary N) is 2. The highest BCUT2D eigenvalue weighted by Gasteiger charge is 2.31. The Labute approximate surface area is 241 Å². The number of benzene rings is 3. The molecule has 0 aliphatic heterocycles. The van der Waals surface area contributed by atoms with Crippen LogP contribution >= 0.6 is 0 Å². The number of para-hydroxylation sites is 1. The maximum absolute atomic E-state index is 13.3. The molecule has 0 spiro atoms. The third-order valence-electron chi connectivity index (χ3n) is 8.14. The third-order valence-corrected chi connectivity index (χ3v) is 8.14. The largest absolute Gasteiger partial charge is 0.507 e. The van der Waals surface area contributed by atoms with Gasteiger partial charge in [-0.1, -0.05) is 91.1 Å². The van der Waals surface area contributed by atoms with E-state index in [0.717, 1.165) is 52.0 Å². The quantitative estimate of drug-likeness (QED) is 0.210. The van der Waals surface area contributed by atoms with Crippen molar-refractivity contribution in [1.82, 2.24) is 14.9 Å². The lowest BCUT2D eigenvalue weighted by atomic mass is 9.84. The van der Waals surface area contributed by atoms with Gasteiger partial charge in [0.25, 0.3) is 0 Å². The predicted molar refractivity (Wildman–Crippen MR) is 164 cm³/mol. The van der Waals surface area contributed by atoms with Crippen molar-refractivity contribution in [1.29, 1.82) is 0 Å². The SMILES string of the molecule is [B]c1cnn2c(NCc3ccc(CNC(=O)C(c4ccccc4)C4CCCC4)cc3)cc(-c3ccccc3O)cc12. The van der Waals surface area contributed by atoms with E-state index in [0.29, 0.717) is 24.5 Å². The number of pyridine rings is 1. The monoisotopic (exact) mass is 540 g/mol. The highest BCUT2D eigenvalue weighted by atomic mass is 16.3. The van der Waals surface area contributed by atoms with Crippen LogP contribution < -0.4 is 16.1 Å². The van der Waals surface area contributed by atoms with Crippen LogP contribution in [-0.4, -0.2) is 28.5 Å². The fourth-order valence-electron chi connectivity index (χ4n) is 5.96. The second-order valence-corrected chi connectivity index (χ2v) is 10.9. The molecular formula is C34H33BN4O2. The molecule has 2 radical (unpaired) electrons. The van der Waals surface area contributed by atoms with Gasteiger partial charge in [-0.15, -0.1) is 0 Å². The van der Waals surface area contributed by atoms with Gasteiger partial charge in [0.2, 0.25) is 5.91 Å². The number of anilines is 1. The first-order chi connectivity index (χ1) is 20.1. The second-order valence-electron chi connectivity index (χ2n) is 10.9. The zero-order valence-electron chi connectivity index (χ0n) is 23.0. The summed E-state index contributed by atoms with van der Waals surface area (Å²) in [4.78, 5) is 13.3. The lowest BCUT2D eigenvalue weighted by Crippen LogP contribution is -2.32. The highest BCUT2D eigenvalue weighted by Crippen LogP contribution is 2.37. The number of carbonyl (C=O) groups excluding carboxylic acids is 1. The van der Waals surface area contributed by atoms with Crippen molar-refractivity contribution in [2.24, 2.45) is 5.92 Å². The molecule has 1 amide bonds. The number of nitrogens with zero attached hydrogens (tertiary/aromatic N) is 2. The first-order valence-electron chi connectivity index (χ1n) is 14.3. The Kier molecular flexibility index (Phi) is 7.76. The first kappa shape index (κ1) is 26.7. The molecule has 0 bridgehead atoms. The number of fused-ring (bicyclic) bond motifs is 1. The van der Waals surface area contributed by atoms with Gasteiger partial charge in [0.1, 0.15) is 19.4 Å². The third kappa shape index (κ3) is 5.85. The summed E-state index contributed by atoms with van der Waals surface area (Å²) in [6.07, 6.45) is 6.26. The van der Waals surface area contributed by atoms with E-state index in [-0.39, 0.29) is 17.6 Å². The number of phenols is 1. The van der Waals surface area contributed by atoms with E-state index in [9.17, 15) is 9.90 Å². The van der Waals surface area contributed by atoms with Gasteiger partial charge >= 0.3 is 0 Å². The Morgan fingerprint density at radius 1 is 0.927 bits per heavy atom. The van der Waals surface area contributed by atoms with E-state index in [1.165, 1.54) is 12.8 Å². The fraction of sp³-hybridized carbons (Fsp3) is 0.235. The van der Waals surface area contributed by atoms with Crippen LogP contribution in [0.3, 0.4) is 0 Å². The molecule has 1 aliphatic rings. The van der Waals surface area contributed by atoms with Crippen molar-refractivity contribution in [3.05, 3.63) is 114 Å². The molecule has 1 saturated carbocycles. The van der Waals surface area contributed by atoms with Gasteiger partial charge in [-0.3, -0.25) is 4.79 Å². The molecule has 7 heteroatoms. The maximum atomic E-state index is 13.3. The summed E-state index contributed by atoms with van der Waals surface area (Å²) in [5.41, 5.74) is 6.18. The van der Waals surface area contributed by atoms with Crippen LogP contribution in [-0.2, 0) is 17.9 Å². The number of amides is 1. The van der Waals surface area contributed by atoms with Gasteiger partial charge in [-0.2, -0.15) is 5.10 Å². The highest BCUT2D eigenvalue weighted by molar-refractivity contribution is 6.36. The van der Waals surface area contributed by atoms with Crippen LogP contribution in [0.15, 0.2) is 97.2 Å². The molecule has 0 saturated heterocycles. The molecule has 1 aliphatic carbocycles. The van der Waals surface area contributed by atoms with Crippen molar-refractivity contribution in [2.75, 3.05) is 5.32 Å². The average Bonchev–Trinajstić information content (AvgIpc) is 3.67. The molecule has 41 heavy (non-hydrogen) atoms. The Morgan fingerprint density at radius 3 is 2.34 bits per heavy atom. The van der Waals surface area contributed by atoms with E-state index in [1.54, 1.807) is 22.8 Å². The summed E-state index contributed by atoms with van der Waals surface area (Å²) in [7, 11) is 6.19. The smallest absolute Gasteiger partial charge is 0.228 e. The lowest BCUT2D eigenvalue weighted by molar-refractivity contribution is -0.123. The summed E-state index contributed by atoms with van der Waals surface area (Å²) < 4.78 is 1.77.